The molecule has 0 N–H and O–H groups in total. The molecule has 16 heavy (non-hydrogen) atoms. The highest BCUT2D eigenvalue weighted by atomic mass is 16.5. The zero-order chi connectivity index (χ0) is 11.5. The number of hydrogen-bond acceptors (Lipinski definition) is 4. The van der Waals surface area contributed by atoms with E-state index in [9.17, 15) is 4.79 Å². The fourth-order valence-corrected chi connectivity index (χ4v) is 1.88. The smallest absolute Gasteiger partial charge is 0.153 e. The summed E-state index contributed by atoms with van der Waals surface area (Å²) in [4.78, 5) is 13.3. The molecule has 0 bridgehead atoms. The van der Waals surface area contributed by atoms with Crippen LogP contribution in [0, 0.1) is 0 Å². The van der Waals surface area contributed by atoms with Crippen molar-refractivity contribution in [1.29, 1.82) is 0 Å². The minimum absolute atomic E-state index is 0.268. The molecule has 2 rings (SSSR count). The van der Waals surface area contributed by atoms with Crippen LogP contribution in [-0.2, 0) is 4.79 Å². The summed E-state index contributed by atoms with van der Waals surface area (Å²) >= 11 is 0. The summed E-state index contributed by atoms with van der Waals surface area (Å²) in [6.07, 6.45) is 0.611. The van der Waals surface area contributed by atoms with E-state index in [1.807, 2.05) is 23.1 Å². The molecule has 0 unspecified atom stereocenters. The molecule has 1 aromatic carbocycles. The molecule has 4 nitrogen and oxygen atoms in total. The van der Waals surface area contributed by atoms with Crippen LogP contribution in [0.4, 0.5) is 5.69 Å². The first-order chi connectivity index (χ1) is 7.74. The zero-order valence-electron chi connectivity index (χ0n) is 9.53. The van der Waals surface area contributed by atoms with Gasteiger partial charge in [0.25, 0.3) is 0 Å². The van der Waals surface area contributed by atoms with Crippen LogP contribution in [0.2, 0.25) is 0 Å². The second-order valence-corrected chi connectivity index (χ2v) is 3.75. The number of nitrogens with zero attached hydrogens (tertiary/aromatic N) is 1. The van der Waals surface area contributed by atoms with Gasteiger partial charge in [0.1, 0.15) is 11.5 Å². The number of Topliss-reactive ketones (excluding diaryl/α,β-unsaturated/α-hetero) is 1. The normalized spacial score (nSPS) is 15.4. The van der Waals surface area contributed by atoms with E-state index in [-0.39, 0.29) is 5.78 Å². The second kappa shape index (κ2) is 4.43. The third kappa shape index (κ3) is 1.96. The van der Waals surface area contributed by atoms with Gasteiger partial charge >= 0.3 is 0 Å². The van der Waals surface area contributed by atoms with Crippen molar-refractivity contribution in [3.8, 4) is 11.5 Å². The quantitative estimate of drug-likeness (QED) is 0.775. The average molecular weight is 221 g/mol. The third-order valence-corrected chi connectivity index (χ3v) is 2.75. The number of rotatable bonds is 3. The second-order valence-electron chi connectivity index (χ2n) is 3.75. The van der Waals surface area contributed by atoms with Gasteiger partial charge in [-0.05, 0) is 12.1 Å². The Hall–Kier alpha value is -1.71. The molecule has 0 saturated carbocycles. The highest BCUT2D eigenvalue weighted by molar-refractivity contribution is 5.88. The minimum atomic E-state index is 0.268. The van der Waals surface area contributed by atoms with E-state index in [2.05, 4.69) is 0 Å². The molecule has 1 aliphatic rings. The van der Waals surface area contributed by atoms with Crippen molar-refractivity contribution in [1.82, 2.24) is 0 Å². The van der Waals surface area contributed by atoms with E-state index in [0.717, 1.165) is 23.7 Å². The van der Waals surface area contributed by atoms with Crippen LogP contribution < -0.4 is 14.4 Å². The Morgan fingerprint density at radius 1 is 1.25 bits per heavy atom. The molecule has 0 aromatic heterocycles. The molecule has 1 fully saturated rings. The Labute approximate surface area is 94.8 Å². The van der Waals surface area contributed by atoms with Crippen LogP contribution in [0.5, 0.6) is 11.5 Å². The summed E-state index contributed by atoms with van der Waals surface area (Å²) in [5, 5.41) is 0. The van der Waals surface area contributed by atoms with Crippen molar-refractivity contribution in [3.05, 3.63) is 18.2 Å². The summed E-state index contributed by atoms with van der Waals surface area (Å²) in [5.74, 6) is 1.82. The van der Waals surface area contributed by atoms with Gasteiger partial charge in [-0.25, -0.2) is 0 Å². The third-order valence-electron chi connectivity index (χ3n) is 2.75. The summed E-state index contributed by atoms with van der Waals surface area (Å²) in [7, 11) is 3.25. The molecule has 1 aromatic rings. The summed E-state index contributed by atoms with van der Waals surface area (Å²) in [6, 6.07) is 5.61. The molecule has 1 aliphatic heterocycles. The highest BCUT2D eigenvalue weighted by Gasteiger charge is 2.22. The highest BCUT2D eigenvalue weighted by Crippen LogP contribution is 2.33. The van der Waals surface area contributed by atoms with Crippen molar-refractivity contribution in [2.75, 3.05) is 32.2 Å². The van der Waals surface area contributed by atoms with Crippen molar-refractivity contribution >= 4 is 11.5 Å². The van der Waals surface area contributed by atoms with Crippen LogP contribution >= 0.6 is 0 Å². The first-order valence-corrected chi connectivity index (χ1v) is 5.23. The number of carbonyl (C=O) groups is 1. The lowest BCUT2D eigenvalue weighted by Crippen LogP contribution is -2.20. The zero-order valence-corrected chi connectivity index (χ0v) is 9.53. The average Bonchev–Trinajstić information content (AvgIpc) is 2.75. The number of anilines is 1. The molecule has 0 radical (unpaired) electrons. The molecule has 86 valence electrons. The molecular weight excluding hydrogens is 206 g/mol. The number of hydrogen-bond donors (Lipinski definition) is 0. The van der Waals surface area contributed by atoms with Gasteiger partial charge in [0.05, 0.1) is 26.5 Å². The van der Waals surface area contributed by atoms with Crippen LogP contribution in [0.25, 0.3) is 0 Å². The van der Waals surface area contributed by atoms with E-state index in [1.165, 1.54) is 0 Å². The lowest BCUT2D eigenvalue weighted by atomic mass is 10.2. The Morgan fingerprint density at radius 2 is 2.06 bits per heavy atom. The minimum Gasteiger partial charge on any atom is -0.497 e. The summed E-state index contributed by atoms with van der Waals surface area (Å²) in [5.41, 5.74) is 0.924. The fraction of sp³-hybridized carbons (Fsp3) is 0.417. The first-order valence-electron chi connectivity index (χ1n) is 5.23. The van der Waals surface area contributed by atoms with E-state index < -0.39 is 0 Å². The molecule has 0 aliphatic carbocycles. The van der Waals surface area contributed by atoms with Crippen LogP contribution in [-0.4, -0.2) is 33.1 Å². The maximum absolute atomic E-state index is 11.3. The maximum atomic E-state index is 11.3. The van der Waals surface area contributed by atoms with Gasteiger partial charge in [-0.2, -0.15) is 0 Å². The Morgan fingerprint density at radius 3 is 2.62 bits per heavy atom. The van der Waals surface area contributed by atoms with E-state index in [0.29, 0.717) is 13.0 Å². The van der Waals surface area contributed by atoms with Crippen molar-refractivity contribution < 1.29 is 14.3 Å². The number of benzene rings is 1. The molecular formula is C12H15NO3. The molecule has 4 heteroatoms. The maximum Gasteiger partial charge on any atom is 0.153 e. The van der Waals surface area contributed by atoms with Crippen molar-refractivity contribution in [2.45, 2.75) is 6.42 Å². The van der Waals surface area contributed by atoms with Crippen LogP contribution in [0.15, 0.2) is 18.2 Å². The number of ketones is 1. The molecule has 0 spiro atoms. The predicted octanol–water partition coefficient (Wildman–Crippen LogP) is 1.48. The standard InChI is InChI=1S/C12H15NO3/c1-15-10-3-4-12(16-2)11(7-10)13-6-5-9(14)8-13/h3-4,7H,5-6,8H2,1-2H3. The SMILES string of the molecule is COc1ccc(OC)c(N2CCC(=O)C2)c1. The number of carbonyl (C=O) groups excluding carboxylic acids is 1. The number of methoxy groups -OCH3 is 2. The van der Waals surface area contributed by atoms with Gasteiger partial charge in [0.2, 0.25) is 0 Å². The van der Waals surface area contributed by atoms with Crippen molar-refractivity contribution in [3.63, 3.8) is 0 Å². The van der Waals surface area contributed by atoms with Crippen LogP contribution in [0.3, 0.4) is 0 Å². The largest absolute Gasteiger partial charge is 0.497 e. The lowest BCUT2D eigenvalue weighted by Gasteiger charge is -2.20. The van der Waals surface area contributed by atoms with Gasteiger partial charge in [0, 0.05) is 19.0 Å². The van der Waals surface area contributed by atoms with E-state index in [4.69, 9.17) is 9.47 Å². The van der Waals surface area contributed by atoms with E-state index in [1.54, 1.807) is 14.2 Å². The molecule has 1 heterocycles. The van der Waals surface area contributed by atoms with E-state index >= 15 is 0 Å². The van der Waals surface area contributed by atoms with Crippen molar-refractivity contribution in [2.24, 2.45) is 0 Å². The monoisotopic (exact) mass is 221 g/mol. The summed E-state index contributed by atoms with van der Waals surface area (Å²) < 4.78 is 10.5. The van der Waals surface area contributed by atoms with Gasteiger partial charge in [0.15, 0.2) is 5.78 Å². The van der Waals surface area contributed by atoms with Gasteiger partial charge in [-0.15, -0.1) is 0 Å². The molecule has 0 amide bonds. The van der Waals surface area contributed by atoms with Crippen LogP contribution in [0.1, 0.15) is 6.42 Å². The summed E-state index contributed by atoms with van der Waals surface area (Å²) in [6.45, 7) is 1.21. The Kier molecular flexibility index (Phi) is 2.99. The first kappa shape index (κ1) is 10.8. The molecule has 0 atom stereocenters. The Balaban J connectivity index is 2.33. The van der Waals surface area contributed by atoms with Gasteiger partial charge < -0.3 is 14.4 Å². The molecule has 1 saturated heterocycles. The Bertz CT molecular complexity index is 403. The topological polar surface area (TPSA) is 38.8 Å². The number of ether oxygens (including phenoxy) is 2. The predicted molar refractivity (Wildman–Crippen MR) is 61.4 cm³/mol. The lowest BCUT2D eigenvalue weighted by molar-refractivity contribution is -0.116. The van der Waals surface area contributed by atoms with Gasteiger partial charge in [-0.3, -0.25) is 4.79 Å². The fourth-order valence-electron chi connectivity index (χ4n) is 1.88. The van der Waals surface area contributed by atoms with Gasteiger partial charge in [-0.1, -0.05) is 0 Å².